The Balaban J connectivity index is 0.828. The summed E-state index contributed by atoms with van der Waals surface area (Å²) < 4.78 is 5.41. The summed E-state index contributed by atoms with van der Waals surface area (Å²) in [6.45, 7) is 7.76. The lowest BCUT2D eigenvalue weighted by Crippen LogP contribution is -2.57. The zero-order valence-electron chi connectivity index (χ0n) is 38.8. The lowest BCUT2D eigenvalue weighted by molar-refractivity contribution is -0.144. The lowest BCUT2D eigenvalue weighted by atomic mass is 9.85. The summed E-state index contributed by atoms with van der Waals surface area (Å²) in [6.07, 6.45) is 0.960. The molecule has 0 unspecified atom stereocenters. The van der Waals surface area contributed by atoms with Crippen molar-refractivity contribution in [3.63, 3.8) is 0 Å². The highest BCUT2D eigenvalue weighted by Crippen LogP contribution is 2.33. The number of hydrogen-bond acceptors (Lipinski definition) is 12. The predicted molar refractivity (Wildman–Crippen MR) is 254 cm³/mol. The fourth-order valence-corrected chi connectivity index (χ4v) is 9.32. The van der Waals surface area contributed by atoms with Crippen molar-refractivity contribution in [3.8, 4) is 27.5 Å². The normalized spacial score (nSPS) is 17.0. The standard InChI is InChI=1S/C50H58N8O9S/c1-29-44(68-28-53-29)32-15-13-30(14-16-32)26-52-47(64)39-24-34(59)27-58(39)49(66)45(50(2,3)4)55-43(62)12-8-11-42(61)51-21-22-57(5)48(65)36-19-17-33(23-40(36)60)41-25-38(56-67-41)46(63)54-37-20-18-31-9-6-7-10-35(31)37/h6-7,9-10,13-17,19,23,25,28,34,37,39,45,59-60H,8,11-12,18,20-22,24,26-27H2,1-5H3,(H,51,61)(H,52,64)(H,54,63)(H,55,62)/t34-,37-,39+,45-/m1/s1. The van der Waals surface area contributed by atoms with Crippen LogP contribution in [0.5, 0.6) is 5.75 Å². The number of rotatable bonds is 17. The van der Waals surface area contributed by atoms with Gasteiger partial charge >= 0.3 is 0 Å². The molecule has 0 bridgehead atoms. The Morgan fingerprint density at radius 2 is 1.69 bits per heavy atom. The van der Waals surface area contributed by atoms with Crippen molar-refractivity contribution < 1.29 is 43.5 Å². The van der Waals surface area contributed by atoms with Crippen LogP contribution in [0.4, 0.5) is 0 Å². The highest BCUT2D eigenvalue weighted by Gasteiger charge is 2.44. The first-order valence-corrected chi connectivity index (χ1v) is 23.6. The molecule has 3 aromatic carbocycles. The maximum atomic E-state index is 14.0. The number of phenolic OH excluding ortho intramolecular Hbond substituents is 1. The van der Waals surface area contributed by atoms with Gasteiger partial charge in [0.2, 0.25) is 23.6 Å². The molecule has 3 heterocycles. The molecule has 7 rings (SSSR count). The molecule has 1 aliphatic heterocycles. The summed E-state index contributed by atoms with van der Waals surface area (Å²) in [5.41, 5.74) is 6.71. The number of phenols is 1. The second kappa shape index (κ2) is 21.4. The molecule has 1 fully saturated rings. The van der Waals surface area contributed by atoms with Crippen molar-refractivity contribution in [2.45, 2.75) is 97.0 Å². The number of likely N-dealkylation sites (N-methyl/N-ethyl adjacent to an activating group) is 1. The number of aryl methyl sites for hydroxylation is 2. The van der Waals surface area contributed by atoms with E-state index in [1.165, 1.54) is 40.6 Å². The molecular weight excluding hydrogens is 889 g/mol. The third-order valence-corrected chi connectivity index (χ3v) is 13.3. The molecule has 6 amide bonds. The van der Waals surface area contributed by atoms with Crippen LogP contribution < -0.4 is 21.3 Å². The number of aliphatic hydroxyl groups excluding tert-OH is 1. The van der Waals surface area contributed by atoms with E-state index in [1.54, 1.807) is 43.7 Å². The number of aromatic nitrogens is 2. The van der Waals surface area contributed by atoms with Gasteiger partial charge in [-0.1, -0.05) is 80.5 Å². The van der Waals surface area contributed by atoms with Gasteiger partial charge in [0.05, 0.1) is 33.8 Å². The second-order valence-corrected chi connectivity index (χ2v) is 19.3. The first-order chi connectivity index (χ1) is 32.5. The number of hydrogen-bond donors (Lipinski definition) is 6. The Bertz CT molecular complexity index is 2660. The van der Waals surface area contributed by atoms with Crippen molar-refractivity contribution in [2.24, 2.45) is 5.41 Å². The van der Waals surface area contributed by atoms with Crippen molar-refractivity contribution in [2.75, 3.05) is 26.7 Å². The molecule has 2 aliphatic rings. The van der Waals surface area contributed by atoms with Crippen molar-refractivity contribution in [1.29, 1.82) is 0 Å². The summed E-state index contributed by atoms with van der Waals surface area (Å²) in [5, 5.41) is 36.8. The van der Waals surface area contributed by atoms with Gasteiger partial charge in [0, 0.05) is 64.1 Å². The molecule has 0 spiro atoms. The van der Waals surface area contributed by atoms with Crippen LogP contribution in [0.15, 0.2) is 82.8 Å². The van der Waals surface area contributed by atoms with E-state index in [4.69, 9.17) is 4.52 Å². The quantitative estimate of drug-likeness (QED) is 0.0721. The fraction of sp³-hybridized carbons (Fsp3) is 0.400. The molecule has 18 heteroatoms. The van der Waals surface area contributed by atoms with Gasteiger partial charge < -0.3 is 45.8 Å². The van der Waals surface area contributed by atoms with Crippen LogP contribution in [0.3, 0.4) is 0 Å². The molecule has 6 N–H and O–H groups in total. The minimum Gasteiger partial charge on any atom is -0.507 e. The molecule has 2 aromatic heterocycles. The largest absolute Gasteiger partial charge is 0.507 e. The summed E-state index contributed by atoms with van der Waals surface area (Å²) in [4.78, 5) is 87.6. The van der Waals surface area contributed by atoms with Gasteiger partial charge in [0.15, 0.2) is 11.5 Å². The minimum absolute atomic E-state index is 0.00911. The zero-order valence-corrected chi connectivity index (χ0v) is 39.7. The molecule has 0 radical (unpaired) electrons. The number of fused-ring (bicyclic) bond motifs is 1. The van der Waals surface area contributed by atoms with Gasteiger partial charge in [-0.15, -0.1) is 11.3 Å². The third kappa shape index (κ3) is 11.8. The smallest absolute Gasteiger partial charge is 0.273 e. The summed E-state index contributed by atoms with van der Waals surface area (Å²) in [7, 11) is 1.53. The highest BCUT2D eigenvalue weighted by atomic mass is 32.1. The minimum atomic E-state index is -1.01. The number of nitrogens with one attached hydrogen (secondary N) is 4. The van der Waals surface area contributed by atoms with Crippen molar-refractivity contribution in [3.05, 3.63) is 112 Å². The number of amides is 6. The van der Waals surface area contributed by atoms with Crippen LogP contribution in [0.1, 0.15) is 102 Å². The molecule has 1 aliphatic carbocycles. The van der Waals surface area contributed by atoms with Crippen LogP contribution in [0.2, 0.25) is 0 Å². The zero-order chi connectivity index (χ0) is 48.7. The molecule has 5 aromatic rings. The third-order valence-electron chi connectivity index (χ3n) is 12.3. The number of likely N-dealkylation sites (tertiary alicyclic amines) is 1. The first kappa shape index (κ1) is 49.0. The monoisotopic (exact) mass is 946 g/mol. The van der Waals surface area contributed by atoms with Gasteiger partial charge in [-0.05, 0) is 66.0 Å². The number of benzene rings is 3. The van der Waals surface area contributed by atoms with E-state index in [0.29, 0.717) is 5.56 Å². The number of thiazole rings is 1. The topological polar surface area (TPSA) is 236 Å². The second-order valence-electron chi connectivity index (χ2n) is 18.4. The highest BCUT2D eigenvalue weighted by molar-refractivity contribution is 7.13. The average molecular weight is 947 g/mol. The van der Waals surface area contributed by atoms with Gasteiger partial charge in [0.1, 0.15) is 17.8 Å². The number of aliphatic hydroxyl groups is 1. The number of carbonyl (C=O) groups is 6. The van der Waals surface area contributed by atoms with Crippen LogP contribution in [-0.2, 0) is 32.1 Å². The number of aromatic hydroxyl groups is 1. The van der Waals surface area contributed by atoms with Crippen molar-refractivity contribution in [1.82, 2.24) is 41.2 Å². The van der Waals surface area contributed by atoms with E-state index >= 15 is 0 Å². The van der Waals surface area contributed by atoms with Gasteiger partial charge in [-0.2, -0.15) is 0 Å². The summed E-state index contributed by atoms with van der Waals surface area (Å²) >= 11 is 1.56. The van der Waals surface area contributed by atoms with Gasteiger partial charge in [-0.3, -0.25) is 28.8 Å². The molecule has 4 atom stereocenters. The number of carbonyl (C=O) groups excluding carboxylic acids is 6. The molecule has 17 nitrogen and oxygen atoms in total. The maximum Gasteiger partial charge on any atom is 0.273 e. The Kier molecular flexibility index (Phi) is 15.4. The van der Waals surface area contributed by atoms with Gasteiger partial charge in [0.25, 0.3) is 11.8 Å². The van der Waals surface area contributed by atoms with Crippen LogP contribution in [0, 0.1) is 12.3 Å². The first-order valence-electron chi connectivity index (χ1n) is 22.7. The molecule has 1 saturated heterocycles. The van der Waals surface area contributed by atoms with Crippen LogP contribution >= 0.6 is 11.3 Å². The summed E-state index contributed by atoms with van der Waals surface area (Å²) in [5.74, 6) is -2.61. The predicted octanol–water partition coefficient (Wildman–Crippen LogP) is 5.06. The Morgan fingerprint density at radius 1 is 0.956 bits per heavy atom. The molecule has 0 saturated carbocycles. The fourth-order valence-electron chi connectivity index (χ4n) is 8.50. The Labute approximate surface area is 398 Å². The maximum absolute atomic E-state index is 14.0. The Morgan fingerprint density at radius 3 is 2.41 bits per heavy atom. The van der Waals surface area contributed by atoms with E-state index < -0.39 is 47.2 Å². The van der Waals surface area contributed by atoms with Crippen LogP contribution in [0.25, 0.3) is 21.8 Å². The van der Waals surface area contributed by atoms with E-state index in [9.17, 15) is 39.0 Å². The number of β-amino-alcohol motifs (C(OH)–C–C–N with tert-alkyl or cyclic N) is 1. The molecular formula is C50H58N8O9S. The van der Waals surface area contributed by atoms with Crippen molar-refractivity contribution >= 4 is 46.8 Å². The molecule has 358 valence electrons. The van der Waals surface area contributed by atoms with E-state index in [-0.39, 0.29) is 92.5 Å². The SMILES string of the molecule is Cc1ncsc1-c1ccc(CNC(=O)[C@@H]2C[C@@H](O)CN2C(=O)[C@@H](NC(=O)CCCC(=O)NCCN(C)C(=O)c2ccc(-c3cc(C(=O)N[C@@H]4CCc5ccccc54)no3)cc2O)C(C)(C)C)cc1. The van der Waals surface area contributed by atoms with E-state index in [2.05, 4.69) is 37.5 Å². The summed E-state index contributed by atoms with van der Waals surface area (Å²) in [6, 6.07) is 19.6. The van der Waals surface area contributed by atoms with E-state index in [1.807, 2.05) is 49.4 Å². The van der Waals surface area contributed by atoms with Gasteiger partial charge in [-0.25, -0.2) is 4.98 Å². The average Bonchev–Trinajstić information content (AvgIpc) is 4.14. The lowest BCUT2D eigenvalue weighted by Gasteiger charge is -2.35. The van der Waals surface area contributed by atoms with E-state index in [0.717, 1.165) is 40.1 Å². The molecule has 68 heavy (non-hydrogen) atoms. The Hall–Kier alpha value is -6.92. The van der Waals surface area contributed by atoms with Crippen LogP contribution in [-0.4, -0.2) is 110 Å². The number of nitrogens with zero attached hydrogens (tertiary/aromatic N) is 4.